The van der Waals surface area contributed by atoms with Crippen LogP contribution in [0, 0.1) is 0 Å². The summed E-state index contributed by atoms with van der Waals surface area (Å²) in [5, 5.41) is 0. The van der Waals surface area contributed by atoms with Gasteiger partial charge in [-0.05, 0) is 35.7 Å². The summed E-state index contributed by atoms with van der Waals surface area (Å²) in [5.41, 5.74) is 5.49. The predicted molar refractivity (Wildman–Crippen MR) is 93.9 cm³/mol. The summed E-state index contributed by atoms with van der Waals surface area (Å²) in [7, 11) is 4.23. The summed E-state index contributed by atoms with van der Waals surface area (Å²) >= 11 is 0. The first-order valence-corrected chi connectivity index (χ1v) is 7.90. The molecule has 0 unspecified atom stereocenters. The van der Waals surface area contributed by atoms with Crippen molar-refractivity contribution in [2.75, 3.05) is 11.9 Å². The Bertz CT molecular complexity index is 711. The standard InChI is InChI=1S/C20H25N2/c1-15-20(2,3)18-14-17(8-9-19(18)22(15)5)7-6-16-10-12-21(4)13-11-16/h6-15H,1-5H3/q+1/t15-/m1/s1. The Morgan fingerprint density at radius 3 is 2.36 bits per heavy atom. The van der Waals surface area contributed by atoms with Gasteiger partial charge in [-0.25, -0.2) is 4.57 Å². The lowest BCUT2D eigenvalue weighted by Gasteiger charge is -2.28. The van der Waals surface area contributed by atoms with Gasteiger partial charge in [-0.1, -0.05) is 32.1 Å². The van der Waals surface area contributed by atoms with Crippen LogP contribution in [0.25, 0.3) is 12.2 Å². The normalized spacial score (nSPS) is 19.7. The molecule has 1 aromatic carbocycles. The predicted octanol–water partition coefficient (Wildman–Crippen LogP) is 3.80. The van der Waals surface area contributed by atoms with Crippen LogP contribution in [-0.4, -0.2) is 13.1 Å². The first-order valence-electron chi connectivity index (χ1n) is 7.90. The molecule has 0 aliphatic carbocycles. The molecular formula is C20H25N2+. The van der Waals surface area contributed by atoms with E-state index in [1.54, 1.807) is 0 Å². The third-order valence-corrected chi connectivity index (χ3v) is 5.19. The highest BCUT2D eigenvalue weighted by Gasteiger charge is 2.39. The van der Waals surface area contributed by atoms with Crippen LogP contribution in [0.2, 0.25) is 0 Å². The molecule has 1 aliphatic rings. The minimum Gasteiger partial charge on any atom is -0.371 e. The summed E-state index contributed by atoms with van der Waals surface area (Å²) < 4.78 is 2.05. The molecule has 1 aromatic heterocycles. The van der Waals surface area contributed by atoms with Crippen LogP contribution >= 0.6 is 0 Å². The molecule has 0 bridgehead atoms. The zero-order valence-electron chi connectivity index (χ0n) is 14.2. The number of aromatic nitrogens is 1. The van der Waals surface area contributed by atoms with E-state index in [0.717, 1.165) is 0 Å². The highest BCUT2D eigenvalue weighted by Crippen LogP contribution is 2.44. The van der Waals surface area contributed by atoms with Gasteiger partial charge in [0.05, 0.1) is 0 Å². The van der Waals surface area contributed by atoms with Crippen molar-refractivity contribution in [1.82, 2.24) is 0 Å². The lowest BCUT2D eigenvalue weighted by Crippen LogP contribution is -2.36. The lowest BCUT2D eigenvalue weighted by molar-refractivity contribution is -0.671. The molecule has 2 heterocycles. The molecule has 2 heteroatoms. The number of benzene rings is 1. The SMILES string of the molecule is C[C@H]1N(C)c2ccc(/C=C/c3cc[n+](C)cc3)cc2C1(C)C. The molecule has 22 heavy (non-hydrogen) atoms. The fraction of sp³-hybridized carbons (Fsp3) is 0.350. The second-order valence-electron chi connectivity index (χ2n) is 6.92. The molecule has 0 fully saturated rings. The van der Waals surface area contributed by atoms with Crippen LogP contribution < -0.4 is 9.47 Å². The first kappa shape index (κ1) is 14.8. The third kappa shape index (κ3) is 2.43. The van der Waals surface area contributed by atoms with E-state index in [4.69, 9.17) is 0 Å². The van der Waals surface area contributed by atoms with Gasteiger partial charge in [-0.2, -0.15) is 0 Å². The van der Waals surface area contributed by atoms with Crippen molar-refractivity contribution in [3.63, 3.8) is 0 Å². The second-order valence-corrected chi connectivity index (χ2v) is 6.92. The number of rotatable bonds is 2. The maximum atomic E-state index is 2.39. The molecule has 0 amide bonds. The van der Waals surface area contributed by atoms with E-state index in [1.165, 1.54) is 22.4 Å². The van der Waals surface area contributed by atoms with Crippen molar-refractivity contribution < 1.29 is 4.57 Å². The van der Waals surface area contributed by atoms with Gasteiger partial charge in [0, 0.05) is 36.3 Å². The Hall–Kier alpha value is -2.09. The van der Waals surface area contributed by atoms with E-state index < -0.39 is 0 Å². The maximum Gasteiger partial charge on any atom is 0.169 e. The molecule has 1 aliphatic heterocycles. The van der Waals surface area contributed by atoms with Crippen LogP contribution in [0.5, 0.6) is 0 Å². The van der Waals surface area contributed by atoms with E-state index >= 15 is 0 Å². The Morgan fingerprint density at radius 1 is 1.05 bits per heavy atom. The number of aryl methyl sites for hydroxylation is 1. The molecule has 2 nitrogen and oxygen atoms in total. The zero-order chi connectivity index (χ0) is 15.9. The Labute approximate surface area is 133 Å². The minimum absolute atomic E-state index is 0.189. The smallest absolute Gasteiger partial charge is 0.169 e. The topological polar surface area (TPSA) is 7.12 Å². The highest BCUT2D eigenvalue weighted by molar-refractivity contribution is 5.73. The molecule has 3 rings (SSSR count). The van der Waals surface area contributed by atoms with Crippen molar-refractivity contribution in [1.29, 1.82) is 0 Å². The fourth-order valence-electron chi connectivity index (χ4n) is 3.21. The van der Waals surface area contributed by atoms with Gasteiger partial charge in [0.1, 0.15) is 7.05 Å². The summed E-state index contributed by atoms with van der Waals surface area (Å²) in [6, 6.07) is 11.6. The molecule has 0 N–H and O–H groups in total. The fourth-order valence-corrected chi connectivity index (χ4v) is 3.21. The molecule has 0 saturated heterocycles. The van der Waals surface area contributed by atoms with Gasteiger partial charge in [-0.15, -0.1) is 0 Å². The number of hydrogen-bond acceptors (Lipinski definition) is 1. The number of nitrogens with zero attached hydrogens (tertiary/aromatic N) is 2. The second kappa shape index (κ2) is 5.28. The number of anilines is 1. The summed E-state index contributed by atoms with van der Waals surface area (Å²) in [6.07, 6.45) is 8.52. The van der Waals surface area contributed by atoms with Gasteiger partial charge < -0.3 is 4.90 Å². The highest BCUT2D eigenvalue weighted by atomic mass is 15.2. The van der Waals surface area contributed by atoms with Gasteiger partial charge in [0.2, 0.25) is 0 Å². The molecular weight excluding hydrogens is 268 g/mol. The molecule has 114 valence electrons. The van der Waals surface area contributed by atoms with Gasteiger partial charge in [0.25, 0.3) is 0 Å². The number of pyridine rings is 1. The van der Waals surface area contributed by atoms with E-state index in [1.807, 2.05) is 11.6 Å². The quantitative estimate of drug-likeness (QED) is 0.764. The van der Waals surface area contributed by atoms with Crippen molar-refractivity contribution >= 4 is 17.8 Å². The Morgan fingerprint density at radius 2 is 1.68 bits per heavy atom. The zero-order valence-corrected chi connectivity index (χ0v) is 14.2. The van der Waals surface area contributed by atoms with Crippen molar-refractivity contribution in [3.8, 4) is 0 Å². The van der Waals surface area contributed by atoms with E-state index in [0.29, 0.717) is 6.04 Å². The summed E-state index contributed by atoms with van der Waals surface area (Å²) in [6.45, 7) is 6.98. The van der Waals surface area contributed by atoms with Gasteiger partial charge >= 0.3 is 0 Å². The van der Waals surface area contributed by atoms with Gasteiger partial charge in [0.15, 0.2) is 12.4 Å². The van der Waals surface area contributed by atoms with Crippen LogP contribution in [0.1, 0.15) is 37.5 Å². The maximum absolute atomic E-state index is 2.39. The van der Waals surface area contributed by atoms with Crippen LogP contribution in [0.15, 0.2) is 42.7 Å². The third-order valence-electron chi connectivity index (χ3n) is 5.19. The van der Waals surface area contributed by atoms with E-state index in [9.17, 15) is 0 Å². The molecule has 0 radical (unpaired) electrons. The summed E-state index contributed by atoms with van der Waals surface area (Å²) in [5.74, 6) is 0. The number of hydrogen-bond donors (Lipinski definition) is 0. The van der Waals surface area contributed by atoms with E-state index in [2.05, 4.69) is 87.6 Å². The Kier molecular flexibility index (Phi) is 3.56. The molecule has 0 spiro atoms. The van der Waals surface area contributed by atoms with Crippen molar-refractivity contribution in [2.45, 2.75) is 32.2 Å². The van der Waals surface area contributed by atoms with E-state index in [-0.39, 0.29) is 5.41 Å². The molecule has 1 atom stereocenters. The summed E-state index contributed by atoms with van der Waals surface area (Å²) in [4.78, 5) is 2.39. The van der Waals surface area contributed by atoms with Gasteiger partial charge in [-0.3, -0.25) is 0 Å². The van der Waals surface area contributed by atoms with Crippen LogP contribution in [-0.2, 0) is 12.5 Å². The lowest BCUT2D eigenvalue weighted by atomic mass is 9.81. The average Bonchev–Trinajstić information content (AvgIpc) is 2.68. The average molecular weight is 293 g/mol. The van der Waals surface area contributed by atoms with Crippen molar-refractivity contribution in [3.05, 3.63) is 59.4 Å². The number of likely N-dealkylation sites (N-methyl/N-ethyl adjacent to an activating group) is 1. The largest absolute Gasteiger partial charge is 0.371 e. The number of fused-ring (bicyclic) bond motifs is 1. The molecule has 0 saturated carbocycles. The molecule has 2 aromatic rings. The van der Waals surface area contributed by atoms with Crippen molar-refractivity contribution in [2.24, 2.45) is 7.05 Å². The minimum atomic E-state index is 0.189. The Balaban J connectivity index is 1.92. The monoisotopic (exact) mass is 293 g/mol. The first-order chi connectivity index (χ1) is 10.4. The van der Waals surface area contributed by atoms with Crippen LogP contribution in [0.4, 0.5) is 5.69 Å². The van der Waals surface area contributed by atoms with Crippen LogP contribution in [0.3, 0.4) is 0 Å².